The van der Waals surface area contributed by atoms with Crippen molar-refractivity contribution in [3.63, 3.8) is 0 Å². The van der Waals surface area contributed by atoms with E-state index in [-0.39, 0.29) is 35.7 Å². The number of hydrogen-bond donors (Lipinski definition) is 3. The van der Waals surface area contributed by atoms with Crippen molar-refractivity contribution in [1.82, 2.24) is 20.1 Å². The van der Waals surface area contributed by atoms with Crippen LogP contribution < -0.4 is 16.4 Å². The second-order valence-corrected chi connectivity index (χ2v) is 9.92. The summed E-state index contributed by atoms with van der Waals surface area (Å²) in [6.45, 7) is 6.10. The summed E-state index contributed by atoms with van der Waals surface area (Å²) in [4.78, 5) is 40.9. The Hall–Kier alpha value is -2.87. The van der Waals surface area contributed by atoms with E-state index in [4.69, 9.17) is 5.73 Å². The zero-order valence-corrected chi connectivity index (χ0v) is 19.9. The Balaban J connectivity index is 1.52. The van der Waals surface area contributed by atoms with Gasteiger partial charge < -0.3 is 25.8 Å². The van der Waals surface area contributed by atoms with Crippen LogP contribution in [0.4, 0.5) is 0 Å². The standard InChI is InChI=1S/C25H35N5O3/c1-14(2)21(28-23(31)15(3)26)25(33)30-12-11-16-9-10-19(22(16)30)27-24(32)18-13-29(4)20-8-6-5-7-17(18)20/h5-8,13-16,19,21-22H,9-12,26H2,1-4H3,(H,27,32)(H,28,31)/t15-,16?,19?,21?,22?/m0/s1. The van der Waals surface area contributed by atoms with Gasteiger partial charge in [0.25, 0.3) is 5.91 Å². The summed E-state index contributed by atoms with van der Waals surface area (Å²) in [6.07, 6.45) is 4.60. The molecule has 4 rings (SSSR count). The molecule has 178 valence electrons. The maximum atomic E-state index is 13.5. The number of rotatable bonds is 6. The SMILES string of the molecule is CC(C)C(NC(=O)[C@H](C)N)C(=O)N1CCC2CCC(NC(=O)c3cn(C)c4ccccc34)C21. The molecule has 8 heteroatoms. The quantitative estimate of drug-likeness (QED) is 0.619. The third-order valence-corrected chi connectivity index (χ3v) is 7.23. The molecule has 0 bridgehead atoms. The maximum Gasteiger partial charge on any atom is 0.253 e. The highest BCUT2D eigenvalue weighted by molar-refractivity contribution is 6.07. The minimum Gasteiger partial charge on any atom is -0.350 e. The molecule has 4 N–H and O–H groups in total. The zero-order valence-electron chi connectivity index (χ0n) is 19.9. The number of likely N-dealkylation sites (tertiary alicyclic amines) is 1. The molecule has 1 aromatic carbocycles. The third-order valence-electron chi connectivity index (χ3n) is 7.23. The fraction of sp³-hybridized carbons (Fsp3) is 0.560. The van der Waals surface area contributed by atoms with Gasteiger partial charge in [0.2, 0.25) is 11.8 Å². The summed E-state index contributed by atoms with van der Waals surface area (Å²) in [5.74, 6) is -0.224. The Labute approximate surface area is 194 Å². The Kier molecular flexibility index (Phi) is 6.47. The molecule has 1 saturated heterocycles. The summed E-state index contributed by atoms with van der Waals surface area (Å²) in [6, 6.07) is 6.39. The van der Waals surface area contributed by atoms with E-state index in [1.54, 1.807) is 6.92 Å². The second kappa shape index (κ2) is 9.17. The number of amides is 3. The molecule has 1 aliphatic carbocycles. The van der Waals surface area contributed by atoms with Gasteiger partial charge >= 0.3 is 0 Å². The van der Waals surface area contributed by atoms with Crippen molar-refractivity contribution < 1.29 is 14.4 Å². The van der Waals surface area contributed by atoms with E-state index in [1.165, 1.54) is 0 Å². The first-order chi connectivity index (χ1) is 15.7. The largest absolute Gasteiger partial charge is 0.350 e. The Morgan fingerprint density at radius 3 is 2.52 bits per heavy atom. The van der Waals surface area contributed by atoms with E-state index in [9.17, 15) is 14.4 Å². The van der Waals surface area contributed by atoms with Crippen LogP contribution in [0.1, 0.15) is 50.4 Å². The molecule has 1 saturated carbocycles. The van der Waals surface area contributed by atoms with Crippen LogP contribution in [0, 0.1) is 11.8 Å². The van der Waals surface area contributed by atoms with Crippen molar-refractivity contribution in [2.45, 2.75) is 64.2 Å². The first kappa shape index (κ1) is 23.3. The molecule has 0 radical (unpaired) electrons. The smallest absolute Gasteiger partial charge is 0.253 e. The average Bonchev–Trinajstić information content (AvgIpc) is 3.46. The molecule has 1 aromatic heterocycles. The van der Waals surface area contributed by atoms with E-state index in [0.717, 1.165) is 30.2 Å². The molecule has 2 heterocycles. The Bertz CT molecular complexity index is 1060. The van der Waals surface area contributed by atoms with E-state index in [1.807, 2.05) is 60.8 Å². The Morgan fingerprint density at radius 2 is 1.82 bits per heavy atom. The highest BCUT2D eigenvalue weighted by atomic mass is 16.2. The molecule has 3 amide bonds. The predicted molar refractivity (Wildman–Crippen MR) is 127 cm³/mol. The lowest BCUT2D eigenvalue weighted by Crippen LogP contribution is -2.58. The number of nitrogens with one attached hydrogen (secondary N) is 2. The fourth-order valence-corrected chi connectivity index (χ4v) is 5.46. The van der Waals surface area contributed by atoms with Crippen molar-refractivity contribution in [2.75, 3.05) is 6.54 Å². The van der Waals surface area contributed by atoms with Gasteiger partial charge in [0.1, 0.15) is 6.04 Å². The second-order valence-electron chi connectivity index (χ2n) is 9.92. The van der Waals surface area contributed by atoms with Gasteiger partial charge in [0, 0.05) is 36.7 Å². The van der Waals surface area contributed by atoms with Crippen molar-refractivity contribution in [3.8, 4) is 0 Å². The first-order valence-electron chi connectivity index (χ1n) is 11.9. The van der Waals surface area contributed by atoms with Crippen LogP contribution in [-0.4, -0.2) is 57.9 Å². The highest BCUT2D eigenvalue weighted by Crippen LogP contribution is 2.39. The normalized spacial score (nSPS) is 24.1. The van der Waals surface area contributed by atoms with Gasteiger partial charge in [0.05, 0.1) is 17.6 Å². The van der Waals surface area contributed by atoms with Gasteiger partial charge in [-0.1, -0.05) is 32.0 Å². The lowest BCUT2D eigenvalue weighted by Gasteiger charge is -2.34. The number of hydrogen-bond acceptors (Lipinski definition) is 4. The minimum absolute atomic E-state index is 0.0510. The summed E-state index contributed by atoms with van der Waals surface area (Å²) < 4.78 is 1.96. The molecular weight excluding hydrogens is 418 g/mol. The number of fused-ring (bicyclic) bond motifs is 2. The van der Waals surface area contributed by atoms with E-state index >= 15 is 0 Å². The van der Waals surface area contributed by atoms with E-state index in [2.05, 4.69) is 10.6 Å². The van der Waals surface area contributed by atoms with Crippen LogP contribution in [0.2, 0.25) is 0 Å². The van der Waals surface area contributed by atoms with Crippen LogP contribution in [0.3, 0.4) is 0 Å². The summed E-state index contributed by atoms with van der Waals surface area (Å²) >= 11 is 0. The van der Waals surface area contributed by atoms with E-state index in [0.29, 0.717) is 18.0 Å². The molecule has 4 unspecified atom stereocenters. The number of aryl methyl sites for hydroxylation is 1. The molecule has 2 aromatic rings. The molecule has 5 atom stereocenters. The van der Waals surface area contributed by atoms with Crippen molar-refractivity contribution in [1.29, 1.82) is 0 Å². The van der Waals surface area contributed by atoms with Crippen molar-refractivity contribution >= 4 is 28.6 Å². The first-order valence-corrected chi connectivity index (χ1v) is 11.9. The molecule has 8 nitrogen and oxygen atoms in total. The molecular formula is C25H35N5O3. The maximum absolute atomic E-state index is 13.5. The number of nitrogens with zero attached hydrogens (tertiary/aromatic N) is 2. The highest BCUT2D eigenvalue weighted by Gasteiger charge is 2.48. The Morgan fingerprint density at radius 1 is 1.09 bits per heavy atom. The topological polar surface area (TPSA) is 109 Å². The zero-order chi connectivity index (χ0) is 23.9. The van der Waals surface area contributed by atoms with E-state index < -0.39 is 12.1 Å². The number of carbonyl (C=O) groups is 3. The van der Waals surface area contributed by atoms with Gasteiger partial charge in [-0.3, -0.25) is 14.4 Å². The predicted octanol–water partition coefficient (Wildman–Crippen LogP) is 1.78. The van der Waals surface area contributed by atoms with Crippen molar-refractivity contribution in [3.05, 3.63) is 36.0 Å². The van der Waals surface area contributed by atoms with Gasteiger partial charge in [-0.15, -0.1) is 0 Å². The summed E-state index contributed by atoms with van der Waals surface area (Å²) in [5.41, 5.74) is 7.37. The molecule has 1 aliphatic heterocycles. The molecule has 2 fully saturated rings. The summed E-state index contributed by atoms with van der Waals surface area (Å²) in [5, 5.41) is 6.98. The lowest BCUT2D eigenvalue weighted by atomic mass is 9.99. The van der Waals surface area contributed by atoms with Crippen LogP contribution in [-0.2, 0) is 16.6 Å². The molecule has 33 heavy (non-hydrogen) atoms. The third kappa shape index (κ3) is 4.36. The van der Waals surface area contributed by atoms with Gasteiger partial charge in [-0.05, 0) is 44.1 Å². The fourth-order valence-electron chi connectivity index (χ4n) is 5.46. The summed E-state index contributed by atoms with van der Waals surface area (Å²) in [7, 11) is 1.94. The van der Waals surface area contributed by atoms with Crippen LogP contribution in [0.15, 0.2) is 30.5 Å². The molecule has 2 aliphatic rings. The number of para-hydroxylation sites is 1. The number of aromatic nitrogens is 1. The number of carbonyl (C=O) groups excluding carboxylic acids is 3. The van der Waals surface area contributed by atoms with Crippen LogP contribution in [0.5, 0.6) is 0 Å². The van der Waals surface area contributed by atoms with Gasteiger partial charge in [-0.2, -0.15) is 0 Å². The monoisotopic (exact) mass is 453 g/mol. The van der Waals surface area contributed by atoms with Gasteiger partial charge in [-0.25, -0.2) is 0 Å². The lowest BCUT2D eigenvalue weighted by molar-refractivity contribution is -0.139. The average molecular weight is 454 g/mol. The number of nitrogens with two attached hydrogens (primary N) is 1. The van der Waals surface area contributed by atoms with Gasteiger partial charge in [0.15, 0.2) is 0 Å². The molecule has 0 spiro atoms. The van der Waals surface area contributed by atoms with Crippen LogP contribution in [0.25, 0.3) is 10.9 Å². The minimum atomic E-state index is -0.676. The van der Waals surface area contributed by atoms with Crippen molar-refractivity contribution in [2.24, 2.45) is 24.6 Å². The number of benzene rings is 1. The van der Waals surface area contributed by atoms with Crippen LogP contribution >= 0.6 is 0 Å².